The fraction of sp³-hybridized carbons (Fsp3) is 0.462. The lowest BCUT2D eigenvalue weighted by molar-refractivity contribution is -0.148. The molecule has 0 unspecified atom stereocenters. The highest BCUT2D eigenvalue weighted by atomic mass is 16.5. The lowest BCUT2D eigenvalue weighted by atomic mass is 10.2. The van der Waals surface area contributed by atoms with Gasteiger partial charge in [0.2, 0.25) is 0 Å². The number of aromatic nitrogens is 1. The molecule has 0 bridgehead atoms. The first kappa shape index (κ1) is 14.3. The zero-order valence-electron chi connectivity index (χ0n) is 10.8. The van der Waals surface area contributed by atoms with Crippen LogP contribution in [0.5, 0.6) is 0 Å². The zero-order valence-corrected chi connectivity index (χ0v) is 10.8. The number of carbonyl (C=O) groups excluding carboxylic acids is 2. The number of esters is 1. The first-order chi connectivity index (χ1) is 8.58. The molecule has 0 aliphatic rings. The summed E-state index contributed by atoms with van der Waals surface area (Å²) in [5.74, 6) is -0.534. The summed E-state index contributed by atoms with van der Waals surface area (Å²) in [4.78, 5) is 28.0. The molecule has 1 heterocycles. The van der Waals surface area contributed by atoms with Gasteiger partial charge in [0.15, 0.2) is 5.78 Å². The molecule has 0 aliphatic heterocycles. The number of hydrogen-bond donors (Lipinski definition) is 0. The number of hydrogen-bond acceptors (Lipinski definition) is 5. The number of pyridine rings is 1. The van der Waals surface area contributed by atoms with Crippen molar-refractivity contribution in [2.45, 2.75) is 13.3 Å². The van der Waals surface area contributed by atoms with Gasteiger partial charge in [0.25, 0.3) is 0 Å². The van der Waals surface area contributed by atoms with Gasteiger partial charge in [-0.05, 0) is 26.1 Å². The number of Topliss-reactive ketones (excluding diaryl/α,β-unsaturated/α-hetero) is 1. The molecular weight excluding hydrogens is 232 g/mol. The summed E-state index contributed by atoms with van der Waals surface area (Å²) >= 11 is 0. The Bertz CT molecular complexity index is 392. The number of nitrogens with zero attached hydrogens (tertiary/aromatic N) is 2. The minimum absolute atomic E-state index is 0.146. The van der Waals surface area contributed by atoms with Crippen LogP contribution in [0, 0.1) is 0 Å². The fourth-order valence-electron chi connectivity index (χ4n) is 1.38. The van der Waals surface area contributed by atoms with E-state index in [-0.39, 0.29) is 24.9 Å². The molecule has 18 heavy (non-hydrogen) atoms. The van der Waals surface area contributed by atoms with Crippen molar-refractivity contribution in [2.75, 3.05) is 26.7 Å². The molecule has 98 valence electrons. The van der Waals surface area contributed by atoms with Gasteiger partial charge in [0.05, 0.1) is 6.54 Å². The van der Waals surface area contributed by atoms with Gasteiger partial charge in [0, 0.05) is 24.9 Å². The number of ether oxygens (including phenoxy) is 1. The van der Waals surface area contributed by atoms with Crippen molar-refractivity contribution >= 4 is 11.8 Å². The number of likely N-dealkylation sites (N-methyl/N-ethyl adjacent to an activating group) is 1. The molecule has 0 radical (unpaired) electrons. The van der Waals surface area contributed by atoms with Crippen LogP contribution >= 0.6 is 0 Å². The average molecular weight is 250 g/mol. The Balaban J connectivity index is 2.23. The van der Waals surface area contributed by atoms with E-state index >= 15 is 0 Å². The maximum Gasteiger partial charge on any atom is 0.320 e. The number of ketones is 1. The van der Waals surface area contributed by atoms with Gasteiger partial charge in [-0.3, -0.25) is 19.5 Å². The Labute approximate surface area is 107 Å². The Kier molecular flexibility index (Phi) is 6.00. The van der Waals surface area contributed by atoms with Gasteiger partial charge in [0.1, 0.15) is 6.61 Å². The average Bonchev–Trinajstić information content (AvgIpc) is 2.35. The standard InChI is InChI=1S/C13H18N2O3/c1-11(16)10-18-13(17)9-15(2)8-6-12-5-3-4-7-14-12/h3-5,7H,6,8-10H2,1-2H3. The van der Waals surface area contributed by atoms with E-state index in [1.54, 1.807) is 6.20 Å². The molecule has 0 saturated heterocycles. The molecule has 1 rings (SSSR count). The van der Waals surface area contributed by atoms with Crippen LogP contribution in [0.15, 0.2) is 24.4 Å². The SMILES string of the molecule is CC(=O)COC(=O)CN(C)CCc1ccccn1. The molecule has 5 heteroatoms. The highest BCUT2D eigenvalue weighted by molar-refractivity contribution is 5.80. The summed E-state index contributed by atoms with van der Waals surface area (Å²) in [5, 5.41) is 0. The Hall–Kier alpha value is -1.75. The van der Waals surface area contributed by atoms with E-state index in [1.807, 2.05) is 30.1 Å². The van der Waals surface area contributed by atoms with E-state index in [0.29, 0.717) is 6.54 Å². The van der Waals surface area contributed by atoms with Gasteiger partial charge < -0.3 is 4.74 Å². The predicted molar refractivity (Wildman–Crippen MR) is 67.1 cm³/mol. The van der Waals surface area contributed by atoms with Gasteiger partial charge in [-0.2, -0.15) is 0 Å². The van der Waals surface area contributed by atoms with E-state index in [2.05, 4.69) is 4.98 Å². The van der Waals surface area contributed by atoms with Crippen LogP contribution in [-0.4, -0.2) is 48.4 Å². The van der Waals surface area contributed by atoms with Crippen molar-refractivity contribution in [3.05, 3.63) is 30.1 Å². The molecule has 0 spiro atoms. The fourth-order valence-corrected chi connectivity index (χ4v) is 1.38. The molecule has 0 amide bonds. The van der Waals surface area contributed by atoms with E-state index in [0.717, 1.165) is 12.1 Å². The zero-order chi connectivity index (χ0) is 13.4. The van der Waals surface area contributed by atoms with Crippen LogP contribution in [-0.2, 0) is 20.7 Å². The van der Waals surface area contributed by atoms with Crippen LogP contribution in [0.4, 0.5) is 0 Å². The Morgan fingerprint density at radius 2 is 2.17 bits per heavy atom. The summed E-state index contributed by atoms with van der Waals surface area (Å²) < 4.78 is 4.78. The summed E-state index contributed by atoms with van der Waals surface area (Å²) in [6.07, 6.45) is 2.52. The highest BCUT2D eigenvalue weighted by Crippen LogP contribution is 1.96. The third-order valence-corrected chi connectivity index (χ3v) is 2.31. The minimum atomic E-state index is -0.381. The molecule has 1 aromatic rings. The number of rotatable bonds is 7. The lowest BCUT2D eigenvalue weighted by Gasteiger charge is -2.14. The Morgan fingerprint density at radius 1 is 1.39 bits per heavy atom. The summed E-state index contributed by atoms with van der Waals surface area (Å²) in [6, 6.07) is 5.75. The predicted octanol–water partition coefficient (Wildman–Crippen LogP) is 0.688. The largest absolute Gasteiger partial charge is 0.457 e. The second kappa shape index (κ2) is 7.55. The van der Waals surface area contributed by atoms with Crippen molar-refractivity contribution in [1.29, 1.82) is 0 Å². The molecule has 0 fully saturated rings. The normalized spacial score (nSPS) is 10.4. The first-order valence-corrected chi connectivity index (χ1v) is 5.81. The highest BCUT2D eigenvalue weighted by Gasteiger charge is 2.08. The van der Waals surface area contributed by atoms with E-state index in [4.69, 9.17) is 4.74 Å². The van der Waals surface area contributed by atoms with Gasteiger partial charge in [-0.25, -0.2) is 0 Å². The molecular formula is C13H18N2O3. The summed E-state index contributed by atoms with van der Waals surface area (Å²) in [6.45, 7) is 2.14. The van der Waals surface area contributed by atoms with E-state index < -0.39 is 0 Å². The Morgan fingerprint density at radius 3 is 2.78 bits per heavy atom. The topological polar surface area (TPSA) is 59.5 Å². The molecule has 0 N–H and O–H groups in total. The molecule has 1 aromatic heterocycles. The second-order valence-corrected chi connectivity index (χ2v) is 4.17. The third kappa shape index (κ3) is 6.10. The maximum atomic E-state index is 11.3. The van der Waals surface area contributed by atoms with Gasteiger partial charge >= 0.3 is 5.97 Å². The smallest absolute Gasteiger partial charge is 0.320 e. The quantitative estimate of drug-likeness (QED) is 0.666. The second-order valence-electron chi connectivity index (χ2n) is 4.17. The molecule has 0 aliphatic carbocycles. The van der Waals surface area contributed by atoms with Crippen LogP contribution in [0.1, 0.15) is 12.6 Å². The van der Waals surface area contributed by atoms with Gasteiger partial charge in [-0.15, -0.1) is 0 Å². The van der Waals surface area contributed by atoms with Crippen molar-refractivity contribution in [2.24, 2.45) is 0 Å². The first-order valence-electron chi connectivity index (χ1n) is 5.81. The van der Waals surface area contributed by atoms with Crippen molar-refractivity contribution < 1.29 is 14.3 Å². The van der Waals surface area contributed by atoms with Crippen LogP contribution in [0.3, 0.4) is 0 Å². The van der Waals surface area contributed by atoms with Crippen molar-refractivity contribution in [1.82, 2.24) is 9.88 Å². The van der Waals surface area contributed by atoms with Gasteiger partial charge in [-0.1, -0.05) is 6.07 Å². The summed E-state index contributed by atoms with van der Waals surface area (Å²) in [5.41, 5.74) is 0.987. The van der Waals surface area contributed by atoms with Crippen LogP contribution in [0.2, 0.25) is 0 Å². The summed E-state index contributed by atoms with van der Waals surface area (Å²) in [7, 11) is 1.83. The maximum absolute atomic E-state index is 11.3. The monoisotopic (exact) mass is 250 g/mol. The molecule has 0 saturated carbocycles. The van der Waals surface area contributed by atoms with Crippen LogP contribution in [0.25, 0.3) is 0 Å². The third-order valence-electron chi connectivity index (χ3n) is 2.31. The van der Waals surface area contributed by atoms with E-state index in [1.165, 1.54) is 6.92 Å². The van der Waals surface area contributed by atoms with Crippen molar-refractivity contribution in [3.8, 4) is 0 Å². The van der Waals surface area contributed by atoms with E-state index in [9.17, 15) is 9.59 Å². The molecule has 0 aromatic carbocycles. The minimum Gasteiger partial charge on any atom is -0.457 e. The molecule has 0 atom stereocenters. The molecule has 5 nitrogen and oxygen atoms in total. The van der Waals surface area contributed by atoms with Crippen molar-refractivity contribution in [3.63, 3.8) is 0 Å². The number of carbonyl (C=O) groups is 2. The van der Waals surface area contributed by atoms with Crippen LogP contribution < -0.4 is 0 Å². The lowest BCUT2D eigenvalue weighted by Crippen LogP contribution is -2.30.